The minimum atomic E-state index is -0.118. The first-order chi connectivity index (χ1) is 7.54. The molecule has 0 radical (unpaired) electrons. The number of ether oxygens (including phenoxy) is 1. The third-order valence-corrected chi connectivity index (χ3v) is 3.15. The van der Waals surface area contributed by atoms with E-state index >= 15 is 0 Å². The Morgan fingerprint density at radius 1 is 1.56 bits per heavy atom. The van der Waals surface area contributed by atoms with Crippen molar-refractivity contribution in [2.75, 3.05) is 20.7 Å². The summed E-state index contributed by atoms with van der Waals surface area (Å²) < 4.78 is 5.06. The van der Waals surface area contributed by atoms with Crippen LogP contribution < -0.4 is 4.74 Å². The molecule has 0 spiro atoms. The molecule has 0 saturated carbocycles. The van der Waals surface area contributed by atoms with Crippen molar-refractivity contribution in [2.24, 2.45) is 0 Å². The summed E-state index contributed by atoms with van der Waals surface area (Å²) in [5, 5.41) is 0.591. The van der Waals surface area contributed by atoms with Crippen LogP contribution >= 0.6 is 27.5 Å². The molecule has 3 nitrogen and oxygen atoms in total. The third kappa shape index (κ3) is 3.68. The van der Waals surface area contributed by atoms with Gasteiger partial charge in [0.05, 0.1) is 12.1 Å². The first-order valence-electron chi connectivity index (χ1n) is 4.77. The average Bonchev–Trinajstić information content (AvgIpc) is 2.25. The number of halogens is 2. The molecule has 0 unspecified atom stereocenters. The molecule has 0 heterocycles. The molecule has 0 atom stereocenters. The number of amides is 1. The molecule has 5 heteroatoms. The smallest absolute Gasteiger partial charge is 0.289 e. The molecule has 0 saturated heterocycles. The molecule has 0 aromatic heterocycles. The van der Waals surface area contributed by atoms with Crippen LogP contribution in [0.1, 0.15) is 5.56 Å². The monoisotopic (exact) mass is 305 g/mol. The van der Waals surface area contributed by atoms with E-state index in [0.717, 1.165) is 12.0 Å². The van der Waals surface area contributed by atoms with Gasteiger partial charge in [-0.2, -0.15) is 0 Å². The fraction of sp³-hybridized carbons (Fsp3) is 0.364. The second-order valence-electron chi connectivity index (χ2n) is 3.39. The number of carbonyl (C=O) groups is 1. The van der Waals surface area contributed by atoms with E-state index in [2.05, 4.69) is 15.9 Å². The van der Waals surface area contributed by atoms with E-state index in [1.54, 1.807) is 19.1 Å². The number of likely N-dealkylation sites (N-methyl/N-ethyl adjacent to an activating group) is 1. The summed E-state index contributed by atoms with van der Waals surface area (Å²) >= 11 is 8.88. The molecule has 0 aliphatic heterocycles. The van der Waals surface area contributed by atoms with Gasteiger partial charge in [-0.3, -0.25) is 4.79 Å². The van der Waals surface area contributed by atoms with Crippen molar-refractivity contribution in [3.05, 3.63) is 28.8 Å². The van der Waals surface area contributed by atoms with E-state index in [4.69, 9.17) is 16.3 Å². The predicted octanol–water partition coefficient (Wildman–Crippen LogP) is 3.34. The second-order valence-corrected chi connectivity index (χ2v) is 4.48. The van der Waals surface area contributed by atoms with Gasteiger partial charge in [-0.05, 0) is 24.1 Å². The Morgan fingerprint density at radius 3 is 2.75 bits per heavy atom. The Labute approximate surface area is 108 Å². The molecule has 1 amide bonds. The molecule has 1 aromatic rings. The number of carbonyl (C=O) groups excluding carboxylic acids is 1. The zero-order valence-electron chi connectivity index (χ0n) is 9.17. The molecule has 1 rings (SSSR count). The molecule has 0 aliphatic carbocycles. The highest BCUT2D eigenvalue weighted by Gasteiger charge is 2.05. The minimum Gasteiger partial charge on any atom is -0.495 e. The van der Waals surface area contributed by atoms with Gasteiger partial charge in [0.2, 0.25) is 0 Å². The summed E-state index contributed by atoms with van der Waals surface area (Å²) in [5.74, 6) is 0.662. The van der Waals surface area contributed by atoms with E-state index in [9.17, 15) is 4.79 Å². The molecule has 0 N–H and O–H groups in total. The van der Waals surface area contributed by atoms with E-state index in [0.29, 0.717) is 17.3 Å². The molecule has 16 heavy (non-hydrogen) atoms. The lowest BCUT2D eigenvalue weighted by atomic mass is 10.1. The lowest BCUT2D eigenvalue weighted by Gasteiger charge is -2.13. The maximum atomic E-state index is 10.9. The maximum Gasteiger partial charge on any atom is 0.289 e. The molecule has 0 aliphatic rings. The second kappa shape index (κ2) is 6.11. The predicted molar refractivity (Wildman–Crippen MR) is 68.7 cm³/mol. The molecule has 1 aromatic carbocycles. The van der Waals surface area contributed by atoms with E-state index in [1.165, 1.54) is 0 Å². The lowest BCUT2D eigenvalue weighted by molar-refractivity contribution is 0.235. The van der Waals surface area contributed by atoms with E-state index < -0.39 is 0 Å². The Morgan fingerprint density at radius 2 is 2.25 bits per heavy atom. The molecule has 0 bridgehead atoms. The van der Waals surface area contributed by atoms with Gasteiger partial charge in [-0.15, -0.1) is 0 Å². The highest BCUT2D eigenvalue weighted by molar-refractivity contribution is 9.18. The fourth-order valence-electron chi connectivity index (χ4n) is 1.25. The van der Waals surface area contributed by atoms with Gasteiger partial charge < -0.3 is 9.64 Å². The minimum absolute atomic E-state index is 0.118. The number of methoxy groups -OCH3 is 1. The molecular weight excluding hydrogens is 293 g/mol. The summed E-state index contributed by atoms with van der Waals surface area (Å²) in [5.41, 5.74) is 1.08. The SMILES string of the molecule is COc1ccc(CCN(C)C(=O)Br)cc1Cl. The standard InChI is InChI=1S/C11H13BrClNO2/c1-14(11(12)15)6-5-8-3-4-10(16-2)9(13)7-8/h3-4,7H,5-6H2,1-2H3. The molecular formula is C11H13BrClNO2. The van der Waals surface area contributed by atoms with Crippen molar-refractivity contribution in [3.8, 4) is 5.75 Å². The van der Waals surface area contributed by atoms with Crippen molar-refractivity contribution in [1.29, 1.82) is 0 Å². The first-order valence-corrected chi connectivity index (χ1v) is 5.94. The van der Waals surface area contributed by atoms with Gasteiger partial charge >= 0.3 is 0 Å². The normalized spacial score (nSPS) is 10.0. The van der Waals surface area contributed by atoms with Crippen LogP contribution in [0.5, 0.6) is 5.75 Å². The van der Waals surface area contributed by atoms with Crippen molar-refractivity contribution in [1.82, 2.24) is 4.90 Å². The number of rotatable bonds is 4. The lowest BCUT2D eigenvalue weighted by Crippen LogP contribution is -2.23. The van der Waals surface area contributed by atoms with Crippen LogP contribution in [0.15, 0.2) is 18.2 Å². The van der Waals surface area contributed by atoms with Crippen LogP contribution in [-0.4, -0.2) is 30.4 Å². The highest BCUT2D eigenvalue weighted by atomic mass is 79.9. The maximum absolute atomic E-state index is 10.9. The van der Waals surface area contributed by atoms with Crippen molar-refractivity contribution in [2.45, 2.75) is 6.42 Å². The van der Waals surface area contributed by atoms with Crippen molar-refractivity contribution in [3.63, 3.8) is 0 Å². The van der Waals surface area contributed by atoms with Gasteiger partial charge in [0.1, 0.15) is 5.75 Å². The topological polar surface area (TPSA) is 29.5 Å². The zero-order chi connectivity index (χ0) is 12.1. The summed E-state index contributed by atoms with van der Waals surface area (Å²) in [6, 6.07) is 5.62. The van der Waals surface area contributed by atoms with Gasteiger partial charge in [-0.25, -0.2) is 0 Å². The van der Waals surface area contributed by atoms with E-state index in [1.807, 2.05) is 18.2 Å². The number of benzene rings is 1. The average molecular weight is 307 g/mol. The van der Waals surface area contributed by atoms with Crippen LogP contribution in [0.3, 0.4) is 0 Å². The van der Waals surface area contributed by atoms with Crippen molar-refractivity contribution < 1.29 is 9.53 Å². The summed E-state index contributed by atoms with van der Waals surface area (Å²) in [6.45, 7) is 0.646. The van der Waals surface area contributed by atoms with Crippen LogP contribution in [0.25, 0.3) is 0 Å². The Bertz CT molecular complexity index is 384. The fourth-order valence-corrected chi connectivity index (χ4v) is 1.71. The quantitative estimate of drug-likeness (QED) is 0.631. The summed E-state index contributed by atoms with van der Waals surface area (Å²) in [4.78, 5) is 12.4. The summed E-state index contributed by atoms with van der Waals surface area (Å²) in [6.07, 6.45) is 0.761. The van der Waals surface area contributed by atoms with Crippen LogP contribution in [0, 0.1) is 0 Å². The Hall–Kier alpha value is -0.740. The van der Waals surface area contributed by atoms with Crippen LogP contribution in [0.2, 0.25) is 5.02 Å². The number of hydrogen-bond donors (Lipinski definition) is 0. The number of nitrogens with zero attached hydrogens (tertiary/aromatic N) is 1. The first kappa shape index (κ1) is 13.3. The van der Waals surface area contributed by atoms with Gasteiger partial charge in [-0.1, -0.05) is 17.7 Å². The van der Waals surface area contributed by atoms with Crippen LogP contribution in [-0.2, 0) is 6.42 Å². The van der Waals surface area contributed by atoms with Crippen LogP contribution in [0.4, 0.5) is 4.79 Å². The van der Waals surface area contributed by atoms with Gasteiger partial charge in [0.15, 0.2) is 0 Å². The molecule has 0 fully saturated rings. The third-order valence-electron chi connectivity index (χ3n) is 2.25. The highest BCUT2D eigenvalue weighted by Crippen LogP contribution is 2.25. The van der Waals surface area contributed by atoms with Gasteiger partial charge in [0, 0.05) is 29.5 Å². The van der Waals surface area contributed by atoms with Crippen molar-refractivity contribution >= 4 is 32.3 Å². The summed E-state index contributed by atoms with van der Waals surface area (Å²) in [7, 11) is 3.32. The Balaban J connectivity index is 2.62. The van der Waals surface area contributed by atoms with E-state index in [-0.39, 0.29) is 4.82 Å². The number of hydrogen-bond acceptors (Lipinski definition) is 2. The Kier molecular flexibility index (Phi) is 5.09. The zero-order valence-corrected chi connectivity index (χ0v) is 11.5. The van der Waals surface area contributed by atoms with Gasteiger partial charge in [0.25, 0.3) is 4.82 Å². The molecule has 88 valence electrons. The largest absolute Gasteiger partial charge is 0.495 e.